The summed E-state index contributed by atoms with van der Waals surface area (Å²) in [5.74, 6) is 0.948. The highest BCUT2D eigenvalue weighted by molar-refractivity contribution is 5.44. The predicted molar refractivity (Wildman–Crippen MR) is 182 cm³/mol. The average molecular weight is 587 g/mol. The molecule has 43 heavy (non-hydrogen) atoms. The maximum Gasteiger partial charge on any atom is 0.315 e. The lowest BCUT2D eigenvalue weighted by Crippen LogP contribution is -2.25. The molecule has 0 saturated carbocycles. The second-order valence-electron chi connectivity index (χ2n) is 11.9. The van der Waals surface area contributed by atoms with Crippen molar-refractivity contribution in [2.45, 2.75) is 129 Å². The minimum Gasteiger partial charge on any atom is -0.441 e. The van der Waals surface area contributed by atoms with Crippen LogP contribution in [0.3, 0.4) is 0 Å². The highest BCUT2D eigenvalue weighted by Gasteiger charge is 2.17. The zero-order valence-electron chi connectivity index (χ0n) is 27.2. The molecule has 3 aromatic rings. The molecule has 0 aromatic heterocycles. The first kappa shape index (κ1) is 34.9. The number of hydrogen-bond acceptors (Lipinski definition) is 3. The summed E-state index contributed by atoms with van der Waals surface area (Å²) in [6.07, 6.45) is 20.5. The largest absolute Gasteiger partial charge is 0.441 e. The van der Waals surface area contributed by atoms with Crippen molar-refractivity contribution in [2.24, 2.45) is 0 Å². The fraction of sp³-hybridized carbons (Fsp3) is 0.550. The van der Waals surface area contributed by atoms with Gasteiger partial charge in [0, 0.05) is 5.92 Å². The molecule has 0 fully saturated rings. The summed E-state index contributed by atoms with van der Waals surface area (Å²) in [7, 11) is 0. The van der Waals surface area contributed by atoms with E-state index in [0.29, 0.717) is 13.2 Å². The van der Waals surface area contributed by atoms with Crippen LogP contribution in [0.5, 0.6) is 5.75 Å². The first-order valence-corrected chi connectivity index (χ1v) is 17.4. The summed E-state index contributed by atoms with van der Waals surface area (Å²) in [6, 6.07) is 29.9. The summed E-state index contributed by atoms with van der Waals surface area (Å²) in [5.41, 5.74) is 3.80. The molecule has 236 valence electrons. The van der Waals surface area contributed by atoms with Crippen molar-refractivity contribution in [3.63, 3.8) is 0 Å². The van der Waals surface area contributed by atoms with Gasteiger partial charge in [-0.2, -0.15) is 0 Å². The lowest BCUT2D eigenvalue weighted by atomic mass is 9.85. The molecule has 0 aliphatic rings. The van der Waals surface area contributed by atoms with Crippen LogP contribution in [-0.4, -0.2) is 19.7 Å². The number of unbranched alkanes of at least 4 members (excludes halogenated alkanes) is 14. The minimum atomic E-state index is -0.668. The molecule has 0 heterocycles. The van der Waals surface area contributed by atoms with Crippen LogP contribution < -0.4 is 4.74 Å². The third-order valence-electron chi connectivity index (χ3n) is 8.22. The molecule has 3 aromatic carbocycles. The van der Waals surface area contributed by atoms with Crippen LogP contribution in [0.2, 0.25) is 0 Å². The molecule has 0 radical (unpaired) electrons. The maximum atomic E-state index is 6.26. The van der Waals surface area contributed by atoms with Crippen LogP contribution >= 0.6 is 0 Å². The normalized spacial score (nSPS) is 11.4. The Morgan fingerprint density at radius 3 is 1.21 bits per heavy atom. The van der Waals surface area contributed by atoms with Gasteiger partial charge in [-0.15, -0.1) is 0 Å². The molecular weight excluding hydrogens is 528 g/mol. The van der Waals surface area contributed by atoms with Crippen molar-refractivity contribution in [3.8, 4) is 5.75 Å². The van der Waals surface area contributed by atoms with E-state index in [0.717, 1.165) is 18.6 Å². The van der Waals surface area contributed by atoms with Gasteiger partial charge >= 0.3 is 6.48 Å². The van der Waals surface area contributed by atoms with E-state index in [9.17, 15) is 0 Å². The summed E-state index contributed by atoms with van der Waals surface area (Å²) in [4.78, 5) is 0. The highest BCUT2D eigenvalue weighted by Crippen LogP contribution is 2.33. The molecule has 0 saturated heterocycles. The Hall–Kier alpha value is -2.62. The minimum absolute atomic E-state index is 0.170. The predicted octanol–water partition coefficient (Wildman–Crippen LogP) is 11.8. The lowest BCUT2D eigenvalue weighted by Gasteiger charge is -2.21. The van der Waals surface area contributed by atoms with Crippen molar-refractivity contribution in [1.29, 1.82) is 0 Å². The van der Waals surface area contributed by atoms with Crippen LogP contribution in [0.15, 0.2) is 84.9 Å². The Morgan fingerprint density at radius 1 is 0.419 bits per heavy atom. The Balaban J connectivity index is 1.53. The van der Waals surface area contributed by atoms with Gasteiger partial charge in [-0.1, -0.05) is 177 Å². The second-order valence-corrected chi connectivity index (χ2v) is 11.9. The van der Waals surface area contributed by atoms with Gasteiger partial charge in [0.1, 0.15) is 5.75 Å². The van der Waals surface area contributed by atoms with E-state index in [2.05, 4.69) is 98.8 Å². The summed E-state index contributed by atoms with van der Waals surface area (Å²) >= 11 is 0. The van der Waals surface area contributed by atoms with E-state index < -0.39 is 6.48 Å². The zero-order valence-corrected chi connectivity index (χ0v) is 27.2. The summed E-state index contributed by atoms with van der Waals surface area (Å²) in [5, 5.41) is 0. The molecule has 3 heteroatoms. The van der Waals surface area contributed by atoms with E-state index in [1.165, 1.54) is 107 Å². The number of hydrogen-bond donors (Lipinski definition) is 0. The molecule has 0 spiro atoms. The van der Waals surface area contributed by atoms with Gasteiger partial charge in [-0.05, 0) is 41.7 Å². The number of rotatable bonds is 25. The number of ether oxygens (including phenoxy) is 3. The summed E-state index contributed by atoms with van der Waals surface area (Å²) in [6.45, 7) is 5.21. The van der Waals surface area contributed by atoms with Crippen molar-refractivity contribution >= 4 is 0 Å². The Labute approximate surface area is 263 Å². The third kappa shape index (κ3) is 14.6. The molecule has 0 atom stereocenters. The van der Waals surface area contributed by atoms with E-state index in [1.807, 2.05) is 0 Å². The molecule has 0 N–H and O–H groups in total. The van der Waals surface area contributed by atoms with E-state index in [1.54, 1.807) is 0 Å². The Kier molecular flexibility index (Phi) is 18.5. The topological polar surface area (TPSA) is 27.7 Å². The maximum absolute atomic E-state index is 6.26. The fourth-order valence-corrected chi connectivity index (χ4v) is 5.67. The average Bonchev–Trinajstić information content (AvgIpc) is 3.05. The SMILES string of the molecule is CCCCCCCCCCOC(OCCCCCCCCCC)Oc1ccc(C(c2ccccc2)c2ccccc2)cc1. The molecule has 0 amide bonds. The van der Waals surface area contributed by atoms with Gasteiger partial charge in [0.05, 0.1) is 13.2 Å². The van der Waals surface area contributed by atoms with Crippen LogP contribution in [-0.2, 0) is 9.47 Å². The van der Waals surface area contributed by atoms with Crippen LogP contribution in [0, 0.1) is 0 Å². The molecule has 3 nitrogen and oxygen atoms in total. The Morgan fingerprint density at radius 2 is 0.791 bits per heavy atom. The van der Waals surface area contributed by atoms with Crippen LogP contribution in [0.1, 0.15) is 139 Å². The molecule has 3 rings (SSSR count). The van der Waals surface area contributed by atoms with E-state index in [-0.39, 0.29) is 5.92 Å². The Bertz CT molecular complexity index is 973. The van der Waals surface area contributed by atoms with Gasteiger partial charge in [-0.25, -0.2) is 0 Å². The zero-order chi connectivity index (χ0) is 30.2. The second kappa shape index (κ2) is 22.9. The van der Waals surface area contributed by atoms with Crippen LogP contribution in [0.4, 0.5) is 0 Å². The van der Waals surface area contributed by atoms with Crippen molar-refractivity contribution in [2.75, 3.05) is 13.2 Å². The van der Waals surface area contributed by atoms with Gasteiger partial charge in [0.15, 0.2) is 0 Å². The van der Waals surface area contributed by atoms with E-state index in [4.69, 9.17) is 14.2 Å². The third-order valence-corrected chi connectivity index (χ3v) is 8.22. The lowest BCUT2D eigenvalue weighted by molar-refractivity contribution is -0.247. The monoisotopic (exact) mass is 586 g/mol. The molecule has 0 unspecified atom stereocenters. The summed E-state index contributed by atoms with van der Waals surface area (Å²) < 4.78 is 18.5. The van der Waals surface area contributed by atoms with Crippen molar-refractivity contribution in [3.05, 3.63) is 102 Å². The van der Waals surface area contributed by atoms with Gasteiger partial charge in [0.2, 0.25) is 0 Å². The van der Waals surface area contributed by atoms with Gasteiger partial charge in [0.25, 0.3) is 0 Å². The quantitative estimate of drug-likeness (QED) is 0.0561. The first-order valence-electron chi connectivity index (χ1n) is 17.4. The van der Waals surface area contributed by atoms with Crippen molar-refractivity contribution in [1.82, 2.24) is 0 Å². The fourth-order valence-electron chi connectivity index (χ4n) is 5.67. The van der Waals surface area contributed by atoms with E-state index >= 15 is 0 Å². The molecule has 0 aliphatic heterocycles. The molecular formula is C40H58O3. The smallest absolute Gasteiger partial charge is 0.315 e. The molecule has 0 aliphatic carbocycles. The number of benzene rings is 3. The van der Waals surface area contributed by atoms with Crippen LogP contribution in [0.25, 0.3) is 0 Å². The first-order chi connectivity index (χ1) is 21.3. The standard InChI is InChI=1S/C40H58O3/c1-3-5-7-9-11-13-15-23-33-41-40(42-34-24-16-14-12-10-8-6-4-2)43-38-31-29-37(30-32-38)39(35-25-19-17-20-26-35)36-27-21-18-22-28-36/h17-22,25-32,39-40H,3-16,23-24,33-34H2,1-2H3. The van der Waals surface area contributed by atoms with Gasteiger partial charge < -0.3 is 14.2 Å². The van der Waals surface area contributed by atoms with Crippen molar-refractivity contribution < 1.29 is 14.2 Å². The molecule has 0 bridgehead atoms. The van der Waals surface area contributed by atoms with Gasteiger partial charge in [-0.3, -0.25) is 0 Å². The highest BCUT2D eigenvalue weighted by atomic mass is 16.8.